The highest BCUT2D eigenvalue weighted by atomic mass is 32.1. The molecule has 0 spiro atoms. The molecule has 3 nitrogen and oxygen atoms in total. The zero-order chi connectivity index (χ0) is 20.9. The normalized spacial score (nSPS) is 18.7. The molecule has 29 heavy (non-hydrogen) atoms. The highest BCUT2D eigenvalue weighted by Gasteiger charge is 2.47. The van der Waals surface area contributed by atoms with Gasteiger partial charge in [-0.25, -0.2) is 0 Å². The number of thiophene rings is 1. The number of hydrogen-bond donors (Lipinski definition) is 1. The third kappa shape index (κ3) is 6.06. The number of carbonyl (C=O) groups excluding carboxylic acids is 1. The first-order valence-electron chi connectivity index (χ1n) is 10.0. The van der Waals surface area contributed by atoms with E-state index in [1.165, 1.54) is 10.9 Å². The van der Waals surface area contributed by atoms with Crippen molar-refractivity contribution in [3.63, 3.8) is 0 Å². The molecule has 1 aromatic carbocycles. The van der Waals surface area contributed by atoms with E-state index in [0.29, 0.717) is 18.4 Å². The van der Waals surface area contributed by atoms with E-state index < -0.39 is 29.9 Å². The van der Waals surface area contributed by atoms with Crippen LogP contribution in [0.25, 0.3) is 0 Å². The molecule has 0 radical (unpaired) electrons. The molecular formula is C22H26F3NO2S. The Kier molecular flexibility index (Phi) is 7.35. The fourth-order valence-corrected chi connectivity index (χ4v) is 4.50. The highest BCUT2D eigenvalue weighted by Crippen LogP contribution is 2.44. The van der Waals surface area contributed by atoms with Gasteiger partial charge >= 0.3 is 6.18 Å². The van der Waals surface area contributed by atoms with E-state index in [1.54, 1.807) is 17.4 Å². The lowest BCUT2D eigenvalue weighted by molar-refractivity contribution is -0.138. The number of amides is 1. The van der Waals surface area contributed by atoms with Gasteiger partial charge in [-0.05, 0) is 54.3 Å². The second kappa shape index (κ2) is 9.76. The van der Waals surface area contributed by atoms with Crippen molar-refractivity contribution in [2.24, 2.45) is 5.73 Å². The van der Waals surface area contributed by atoms with Crippen LogP contribution in [0.2, 0.25) is 0 Å². The van der Waals surface area contributed by atoms with E-state index in [0.717, 1.165) is 44.6 Å². The molecular weight excluding hydrogens is 399 g/mol. The first kappa shape index (κ1) is 21.8. The summed E-state index contributed by atoms with van der Waals surface area (Å²) in [6.07, 6.45) is 1.48. The Morgan fingerprint density at radius 2 is 1.69 bits per heavy atom. The maximum atomic E-state index is 13.5. The quantitative estimate of drug-likeness (QED) is 0.364. The first-order chi connectivity index (χ1) is 13.9. The highest BCUT2D eigenvalue weighted by molar-refractivity contribution is 7.09. The zero-order valence-corrected chi connectivity index (χ0v) is 17.0. The molecule has 2 N–H and O–H groups in total. The van der Waals surface area contributed by atoms with Crippen LogP contribution in [0.3, 0.4) is 0 Å². The summed E-state index contributed by atoms with van der Waals surface area (Å²) in [5.41, 5.74) is 5.28. The van der Waals surface area contributed by atoms with Crippen molar-refractivity contribution in [1.29, 1.82) is 0 Å². The molecule has 1 amide bonds. The molecule has 0 saturated carbocycles. The number of primary amides is 1. The number of unbranched alkanes of at least 4 members (excludes halogenated alkanes) is 5. The number of nitrogens with two attached hydrogens (primary N) is 1. The smallest absolute Gasteiger partial charge is 0.367 e. The molecule has 3 rings (SSSR count). The van der Waals surface area contributed by atoms with Crippen molar-refractivity contribution >= 4 is 17.2 Å². The van der Waals surface area contributed by atoms with Gasteiger partial charge < -0.3 is 10.5 Å². The minimum Gasteiger partial charge on any atom is -0.367 e. The fraction of sp³-hybridized carbons (Fsp3) is 0.500. The van der Waals surface area contributed by atoms with Crippen molar-refractivity contribution in [3.8, 4) is 0 Å². The van der Waals surface area contributed by atoms with Crippen LogP contribution in [0, 0.1) is 0 Å². The monoisotopic (exact) mass is 425 g/mol. The Morgan fingerprint density at radius 1 is 1.00 bits per heavy atom. The van der Waals surface area contributed by atoms with Crippen LogP contribution in [0.15, 0.2) is 35.7 Å². The molecule has 1 aliphatic rings. The van der Waals surface area contributed by atoms with E-state index in [9.17, 15) is 18.0 Å². The molecule has 1 aliphatic heterocycles. The molecule has 1 fully saturated rings. The number of aryl methyl sites for hydroxylation is 1. The van der Waals surface area contributed by atoms with Gasteiger partial charge in [0.25, 0.3) is 0 Å². The number of alkyl halides is 3. The number of hydrogen-bond acceptors (Lipinski definition) is 3. The summed E-state index contributed by atoms with van der Waals surface area (Å²) in [7, 11) is 0. The maximum absolute atomic E-state index is 13.5. The summed E-state index contributed by atoms with van der Waals surface area (Å²) in [5, 5.41) is 2.08. The SMILES string of the molecule is NC(=O)C1OC1c1cccc(C(F)(F)F)c1CCCCCCCCc1cccs1. The Balaban J connectivity index is 1.49. The van der Waals surface area contributed by atoms with Crippen molar-refractivity contribution in [3.05, 3.63) is 57.3 Å². The average molecular weight is 426 g/mol. The summed E-state index contributed by atoms with van der Waals surface area (Å²) in [6, 6.07) is 8.29. The van der Waals surface area contributed by atoms with Gasteiger partial charge in [0, 0.05) is 4.88 Å². The minimum atomic E-state index is -4.43. The van der Waals surface area contributed by atoms with E-state index in [-0.39, 0.29) is 5.56 Å². The maximum Gasteiger partial charge on any atom is 0.416 e. The van der Waals surface area contributed by atoms with Gasteiger partial charge in [-0.2, -0.15) is 13.2 Å². The van der Waals surface area contributed by atoms with E-state index in [2.05, 4.69) is 17.5 Å². The van der Waals surface area contributed by atoms with Crippen molar-refractivity contribution in [1.82, 2.24) is 0 Å². The van der Waals surface area contributed by atoms with Crippen LogP contribution in [0.4, 0.5) is 13.2 Å². The summed E-state index contributed by atoms with van der Waals surface area (Å²) >= 11 is 1.78. The van der Waals surface area contributed by atoms with Crippen LogP contribution in [0.5, 0.6) is 0 Å². The predicted molar refractivity (Wildman–Crippen MR) is 108 cm³/mol. The second-order valence-electron chi connectivity index (χ2n) is 7.45. The average Bonchev–Trinajstić information content (AvgIpc) is 3.31. The van der Waals surface area contributed by atoms with Gasteiger partial charge in [0.2, 0.25) is 5.91 Å². The molecule has 2 unspecified atom stereocenters. The molecule has 2 aromatic rings. The van der Waals surface area contributed by atoms with Crippen LogP contribution >= 0.6 is 11.3 Å². The minimum absolute atomic E-state index is 0.242. The third-order valence-electron chi connectivity index (χ3n) is 5.28. The molecule has 1 aromatic heterocycles. The molecule has 2 atom stereocenters. The Labute approximate surface area is 173 Å². The number of halogens is 3. The molecule has 2 heterocycles. The van der Waals surface area contributed by atoms with Crippen molar-refractivity contribution in [2.75, 3.05) is 0 Å². The van der Waals surface area contributed by atoms with Crippen LogP contribution in [0.1, 0.15) is 66.2 Å². The topological polar surface area (TPSA) is 55.6 Å². The molecule has 1 saturated heterocycles. The van der Waals surface area contributed by atoms with Gasteiger partial charge in [0.05, 0.1) is 5.56 Å². The van der Waals surface area contributed by atoms with Crippen LogP contribution in [-0.2, 0) is 28.5 Å². The molecule has 158 valence electrons. The lowest BCUT2D eigenvalue weighted by Crippen LogP contribution is -2.19. The van der Waals surface area contributed by atoms with Gasteiger partial charge in [0.1, 0.15) is 6.10 Å². The number of ether oxygens (including phenoxy) is 1. The van der Waals surface area contributed by atoms with E-state index in [1.807, 2.05) is 0 Å². The molecule has 7 heteroatoms. The Morgan fingerprint density at radius 3 is 2.28 bits per heavy atom. The summed E-state index contributed by atoms with van der Waals surface area (Å²) < 4.78 is 45.6. The lowest BCUT2D eigenvalue weighted by Gasteiger charge is -2.16. The molecule has 0 bridgehead atoms. The van der Waals surface area contributed by atoms with Gasteiger partial charge in [-0.1, -0.05) is 43.9 Å². The van der Waals surface area contributed by atoms with Crippen LogP contribution in [-0.4, -0.2) is 12.0 Å². The predicted octanol–water partition coefficient (Wildman–Crippen LogP) is 5.82. The zero-order valence-electron chi connectivity index (χ0n) is 16.2. The lowest BCUT2D eigenvalue weighted by atomic mass is 9.92. The number of rotatable bonds is 11. The number of carbonyl (C=O) groups is 1. The van der Waals surface area contributed by atoms with Crippen molar-refractivity contribution < 1.29 is 22.7 Å². The fourth-order valence-electron chi connectivity index (χ4n) is 3.74. The Bertz CT molecular complexity index is 805. The van der Waals surface area contributed by atoms with Gasteiger partial charge in [-0.15, -0.1) is 11.3 Å². The van der Waals surface area contributed by atoms with E-state index in [4.69, 9.17) is 10.5 Å². The largest absolute Gasteiger partial charge is 0.416 e. The van der Waals surface area contributed by atoms with Gasteiger partial charge in [-0.3, -0.25) is 4.79 Å². The summed E-state index contributed by atoms with van der Waals surface area (Å²) in [6.45, 7) is 0. The first-order valence-corrected chi connectivity index (χ1v) is 10.9. The van der Waals surface area contributed by atoms with Gasteiger partial charge in [0.15, 0.2) is 6.10 Å². The van der Waals surface area contributed by atoms with Crippen LogP contribution < -0.4 is 5.73 Å². The summed E-state index contributed by atoms with van der Waals surface area (Å²) in [5.74, 6) is -0.638. The number of epoxide rings is 1. The Hall–Kier alpha value is -1.86. The standard InChI is InChI=1S/C22H26F3NO2S/c23-22(24,25)18-13-7-12-17(19-20(28-19)21(26)27)16(18)11-6-4-2-1-3-5-9-15-10-8-14-29-15/h7-8,10,12-14,19-20H,1-6,9,11H2,(H2,26,27). The molecule has 0 aliphatic carbocycles. The van der Waals surface area contributed by atoms with Crippen molar-refractivity contribution in [2.45, 2.75) is 69.8 Å². The third-order valence-corrected chi connectivity index (χ3v) is 6.21. The summed E-state index contributed by atoms with van der Waals surface area (Å²) in [4.78, 5) is 12.7. The second-order valence-corrected chi connectivity index (χ2v) is 8.48. The van der Waals surface area contributed by atoms with E-state index >= 15 is 0 Å². The number of benzene rings is 1.